The fourth-order valence-electron chi connectivity index (χ4n) is 7.76. The molecule has 7 rings (SSSR count). The van der Waals surface area contributed by atoms with Crippen LogP contribution in [0.5, 0.6) is 0 Å². The average molecular weight is 579 g/mol. The molecule has 2 aliphatic heterocycles. The number of hydrogen-bond acceptors (Lipinski definition) is 7. The van der Waals surface area contributed by atoms with E-state index in [0.717, 1.165) is 44.7 Å². The Morgan fingerprint density at radius 1 is 1.16 bits per heavy atom. The molecule has 2 amide bonds. The van der Waals surface area contributed by atoms with Crippen LogP contribution in [0.4, 0.5) is 10.5 Å². The molecule has 5 heterocycles. The highest BCUT2D eigenvalue weighted by Gasteiger charge is 2.56. The average Bonchev–Trinajstić information content (AvgIpc) is 3.67. The maximum atomic E-state index is 14.2. The minimum Gasteiger partial charge on any atom is -0.453 e. The third-order valence-electron chi connectivity index (χ3n) is 9.87. The van der Waals surface area contributed by atoms with Crippen LogP contribution in [0.1, 0.15) is 37.7 Å². The number of fused-ring (bicyclic) bond motifs is 4. The summed E-state index contributed by atoms with van der Waals surface area (Å²) < 4.78 is 6.56. The smallest absolute Gasteiger partial charge is 0.407 e. The van der Waals surface area contributed by atoms with Gasteiger partial charge in [-0.2, -0.15) is 10.4 Å². The van der Waals surface area contributed by atoms with Gasteiger partial charge in [0, 0.05) is 67.0 Å². The van der Waals surface area contributed by atoms with Gasteiger partial charge in [-0.25, -0.2) is 9.78 Å². The molecule has 11 heteroatoms. The molecule has 1 aromatic carbocycles. The number of carbonyl (C=O) groups excluding carboxylic acids is 2. The predicted molar refractivity (Wildman–Crippen MR) is 161 cm³/mol. The molecule has 1 aliphatic carbocycles. The van der Waals surface area contributed by atoms with E-state index in [-0.39, 0.29) is 17.5 Å². The van der Waals surface area contributed by atoms with Crippen LogP contribution in [-0.2, 0) is 22.0 Å². The van der Waals surface area contributed by atoms with Gasteiger partial charge in [-0.3, -0.25) is 14.4 Å². The number of pyridine rings is 1. The molecule has 1 saturated carbocycles. The van der Waals surface area contributed by atoms with Crippen molar-refractivity contribution >= 4 is 28.7 Å². The summed E-state index contributed by atoms with van der Waals surface area (Å²) >= 11 is 0. The fourth-order valence-corrected chi connectivity index (χ4v) is 7.76. The van der Waals surface area contributed by atoms with Crippen LogP contribution in [0.15, 0.2) is 48.9 Å². The largest absolute Gasteiger partial charge is 0.453 e. The van der Waals surface area contributed by atoms with Crippen LogP contribution < -0.4 is 10.2 Å². The van der Waals surface area contributed by atoms with Crippen LogP contribution in [0.2, 0.25) is 0 Å². The number of H-pyrrole nitrogens is 1. The highest BCUT2D eigenvalue weighted by atomic mass is 16.5. The predicted octanol–water partition coefficient (Wildman–Crippen LogP) is 4.11. The third-order valence-corrected chi connectivity index (χ3v) is 9.87. The highest BCUT2D eigenvalue weighted by molar-refractivity contribution is 6.16. The van der Waals surface area contributed by atoms with Gasteiger partial charge in [0.15, 0.2) is 0 Å². The lowest BCUT2D eigenvalue weighted by atomic mass is 9.66. The number of nitriles is 1. The van der Waals surface area contributed by atoms with Crippen molar-refractivity contribution in [3.05, 3.63) is 54.5 Å². The Labute approximate surface area is 249 Å². The van der Waals surface area contributed by atoms with Crippen molar-refractivity contribution < 1.29 is 14.3 Å². The molecule has 2 N–H and O–H groups in total. The van der Waals surface area contributed by atoms with E-state index in [2.05, 4.69) is 38.5 Å². The zero-order valence-electron chi connectivity index (χ0n) is 24.6. The summed E-state index contributed by atoms with van der Waals surface area (Å²) in [7, 11) is 5.10. The zero-order chi connectivity index (χ0) is 29.9. The molecule has 0 bridgehead atoms. The summed E-state index contributed by atoms with van der Waals surface area (Å²) in [4.78, 5) is 38.6. The Bertz CT molecular complexity index is 1770. The van der Waals surface area contributed by atoms with E-state index in [1.54, 1.807) is 9.58 Å². The second-order valence-corrected chi connectivity index (χ2v) is 12.1. The molecule has 0 radical (unpaired) electrons. The maximum Gasteiger partial charge on any atom is 0.407 e. The Hall–Kier alpha value is -4.69. The number of anilines is 1. The van der Waals surface area contributed by atoms with Crippen molar-refractivity contribution in [1.29, 1.82) is 5.26 Å². The van der Waals surface area contributed by atoms with Crippen molar-refractivity contribution in [2.75, 3.05) is 32.1 Å². The molecule has 0 atom stereocenters. The minimum atomic E-state index is -0.707. The van der Waals surface area contributed by atoms with Gasteiger partial charge in [0.1, 0.15) is 5.65 Å². The number of aromatic amines is 1. The van der Waals surface area contributed by atoms with Crippen LogP contribution >= 0.6 is 0 Å². The van der Waals surface area contributed by atoms with E-state index in [0.29, 0.717) is 45.2 Å². The van der Waals surface area contributed by atoms with Crippen LogP contribution in [-0.4, -0.2) is 75.5 Å². The fraction of sp³-hybridized carbons (Fsp3) is 0.406. The lowest BCUT2D eigenvalue weighted by Gasteiger charge is -2.56. The number of piperidine rings is 1. The summed E-state index contributed by atoms with van der Waals surface area (Å²) in [6.07, 6.45) is 8.21. The summed E-state index contributed by atoms with van der Waals surface area (Å²) in [5.41, 5.74) is 5.55. The summed E-state index contributed by atoms with van der Waals surface area (Å²) in [6, 6.07) is 12.6. The number of amides is 2. The third kappa shape index (κ3) is 4.04. The van der Waals surface area contributed by atoms with Crippen LogP contribution in [0.25, 0.3) is 33.4 Å². The Morgan fingerprint density at radius 3 is 2.56 bits per heavy atom. The molecule has 0 unspecified atom stereocenters. The first-order valence-corrected chi connectivity index (χ1v) is 14.6. The van der Waals surface area contributed by atoms with Gasteiger partial charge in [0.05, 0.1) is 48.8 Å². The van der Waals surface area contributed by atoms with Gasteiger partial charge >= 0.3 is 6.09 Å². The number of likely N-dealkylation sites (N-methyl/N-ethyl adjacent to an activating group) is 1. The number of rotatable bonds is 5. The number of likely N-dealkylation sites (tertiary alicyclic amines) is 1. The number of carbonyl (C=O) groups is 2. The number of benzene rings is 1. The number of hydrogen-bond donors (Lipinski definition) is 2. The summed E-state index contributed by atoms with van der Waals surface area (Å²) in [6.45, 7) is 1.35. The first-order chi connectivity index (χ1) is 20.8. The number of nitrogens with one attached hydrogen (secondary N) is 2. The zero-order valence-corrected chi connectivity index (χ0v) is 24.6. The Kier molecular flexibility index (Phi) is 6.29. The van der Waals surface area contributed by atoms with Crippen molar-refractivity contribution in [2.24, 2.45) is 7.05 Å². The first-order valence-electron chi connectivity index (χ1n) is 14.6. The van der Waals surface area contributed by atoms with E-state index in [4.69, 9.17) is 9.72 Å². The van der Waals surface area contributed by atoms with Crippen molar-refractivity contribution in [3.8, 4) is 28.5 Å². The molecule has 11 nitrogen and oxygen atoms in total. The van der Waals surface area contributed by atoms with Gasteiger partial charge in [-0.15, -0.1) is 0 Å². The molecule has 220 valence electrons. The number of alkyl carbamates (subject to hydrolysis) is 1. The standard InChI is InChI=1S/C32H34N8O3/c1-38-19-21(17-35-38)27-24(20-7-5-4-6-8-20)25-26-23(18-34-28(25)37-27)39(2)29(41)32(26)10-13-40(14-11-32)31(9-12-33)15-22(16-31)36-30(42)43-3/h4-8,17-19,22H,9-11,13-16H2,1-3H3,(H,34,37)(H,36,42). The molecule has 1 saturated heterocycles. The number of ether oxygens (including phenoxy) is 1. The Balaban J connectivity index is 1.31. The number of aromatic nitrogens is 4. The molecular formula is C32H34N8O3. The normalized spacial score (nSPS) is 22.8. The SMILES string of the molecule is COC(=O)NC1CC(CC#N)(N2CCC3(CC2)C(=O)N(C)c2cnc4[nH]c(-c5cnn(C)c5)c(-c5ccccc5)c4c23)C1. The van der Waals surface area contributed by atoms with E-state index >= 15 is 0 Å². The van der Waals surface area contributed by atoms with Gasteiger partial charge < -0.3 is 19.9 Å². The Morgan fingerprint density at radius 2 is 1.91 bits per heavy atom. The van der Waals surface area contributed by atoms with E-state index in [9.17, 15) is 14.9 Å². The monoisotopic (exact) mass is 578 g/mol. The second-order valence-electron chi connectivity index (χ2n) is 12.1. The molecular weight excluding hydrogens is 544 g/mol. The highest BCUT2D eigenvalue weighted by Crippen LogP contribution is 2.54. The number of methoxy groups -OCH3 is 1. The topological polar surface area (TPSA) is 132 Å². The summed E-state index contributed by atoms with van der Waals surface area (Å²) in [5, 5.41) is 18.0. The second kappa shape index (κ2) is 9.95. The quantitative estimate of drug-likeness (QED) is 0.364. The van der Waals surface area contributed by atoms with Gasteiger partial charge in [-0.05, 0) is 31.2 Å². The van der Waals surface area contributed by atoms with Crippen LogP contribution in [0, 0.1) is 11.3 Å². The van der Waals surface area contributed by atoms with Crippen LogP contribution in [0.3, 0.4) is 0 Å². The van der Waals surface area contributed by atoms with Crippen molar-refractivity contribution in [2.45, 2.75) is 49.1 Å². The lowest BCUT2D eigenvalue weighted by molar-refractivity contribution is -0.126. The lowest BCUT2D eigenvalue weighted by Crippen LogP contribution is -2.66. The van der Waals surface area contributed by atoms with Gasteiger partial charge in [0.25, 0.3) is 0 Å². The van der Waals surface area contributed by atoms with E-state index in [1.807, 2.05) is 50.9 Å². The molecule has 3 aliphatic rings. The van der Waals surface area contributed by atoms with E-state index < -0.39 is 11.5 Å². The van der Waals surface area contributed by atoms with Crippen molar-refractivity contribution in [1.82, 2.24) is 30.0 Å². The summed E-state index contributed by atoms with van der Waals surface area (Å²) in [5.74, 6) is 0.0905. The van der Waals surface area contributed by atoms with Crippen molar-refractivity contribution in [3.63, 3.8) is 0 Å². The maximum absolute atomic E-state index is 14.2. The molecule has 43 heavy (non-hydrogen) atoms. The van der Waals surface area contributed by atoms with Gasteiger partial charge in [-0.1, -0.05) is 30.3 Å². The molecule has 1 spiro atoms. The molecule has 3 aromatic heterocycles. The number of nitrogens with zero attached hydrogens (tertiary/aromatic N) is 6. The van der Waals surface area contributed by atoms with E-state index in [1.165, 1.54) is 7.11 Å². The number of aryl methyl sites for hydroxylation is 1. The minimum absolute atomic E-state index is 0.0264. The molecule has 2 fully saturated rings. The first kappa shape index (κ1) is 27.2. The van der Waals surface area contributed by atoms with Gasteiger partial charge in [0.2, 0.25) is 5.91 Å². The molecule has 4 aromatic rings.